The minimum Gasteiger partial charge on any atom is -0.380 e. The van der Waals surface area contributed by atoms with Crippen LogP contribution in [0.15, 0.2) is 4.99 Å². The third-order valence-corrected chi connectivity index (χ3v) is 4.22. The standard InChI is InChI=1S/C14H28N4O.HI/c1-4-18-7-5-6-12(18)8-16-13(15-3)17-9-14(2)10-19-11-14;/h12H,4-11H2,1-3H3,(H2,15,16,17);1H. The summed E-state index contributed by atoms with van der Waals surface area (Å²) >= 11 is 0. The van der Waals surface area contributed by atoms with Crippen LogP contribution in [-0.4, -0.2) is 63.3 Å². The molecule has 1 unspecified atom stereocenters. The van der Waals surface area contributed by atoms with Gasteiger partial charge < -0.3 is 15.4 Å². The molecule has 6 heteroatoms. The molecule has 0 amide bonds. The summed E-state index contributed by atoms with van der Waals surface area (Å²) < 4.78 is 5.27. The zero-order chi connectivity index (χ0) is 13.7. The van der Waals surface area contributed by atoms with Crippen molar-refractivity contribution in [2.24, 2.45) is 10.4 Å². The van der Waals surface area contributed by atoms with Crippen molar-refractivity contribution in [1.29, 1.82) is 0 Å². The van der Waals surface area contributed by atoms with Crippen LogP contribution in [0.5, 0.6) is 0 Å². The van der Waals surface area contributed by atoms with Crippen LogP contribution < -0.4 is 10.6 Å². The summed E-state index contributed by atoms with van der Waals surface area (Å²) in [5.74, 6) is 0.913. The van der Waals surface area contributed by atoms with E-state index in [-0.39, 0.29) is 29.4 Å². The predicted octanol–water partition coefficient (Wildman–Crippen LogP) is 1.29. The van der Waals surface area contributed by atoms with Gasteiger partial charge >= 0.3 is 0 Å². The molecule has 2 fully saturated rings. The number of hydrogen-bond acceptors (Lipinski definition) is 3. The Labute approximate surface area is 139 Å². The number of nitrogens with zero attached hydrogens (tertiary/aromatic N) is 2. The quantitative estimate of drug-likeness (QED) is 0.418. The number of aliphatic imine (C=N–C) groups is 1. The van der Waals surface area contributed by atoms with E-state index in [0.29, 0.717) is 6.04 Å². The summed E-state index contributed by atoms with van der Waals surface area (Å²) in [6.07, 6.45) is 2.62. The molecule has 0 aromatic carbocycles. The van der Waals surface area contributed by atoms with Crippen molar-refractivity contribution < 1.29 is 4.74 Å². The highest BCUT2D eigenvalue weighted by molar-refractivity contribution is 14.0. The van der Waals surface area contributed by atoms with Crippen molar-refractivity contribution in [2.45, 2.75) is 32.7 Å². The van der Waals surface area contributed by atoms with E-state index < -0.39 is 0 Å². The molecular formula is C14H29IN4O. The third-order valence-electron chi connectivity index (χ3n) is 4.22. The van der Waals surface area contributed by atoms with Crippen LogP contribution in [0.1, 0.15) is 26.7 Å². The highest BCUT2D eigenvalue weighted by Crippen LogP contribution is 2.24. The molecule has 1 atom stereocenters. The fourth-order valence-electron chi connectivity index (χ4n) is 2.83. The maximum absolute atomic E-state index is 5.27. The van der Waals surface area contributed by atoms with E-state index in [9.17, 15) is 0 Å². The Kier molecular flexibility index (Phi) is 7.53. The second kappa shape index (κ2) is 8.38. The van der Waals surface area contributed by atoms with E-state index in [2.05, 4.69) is 34.4 Å². The minimum atomic E-state index is 0. The van der Waals surface area contributed by atoms with Crippen molar-refractivity contribution in [3.8, 4) is 0 Å². The molecule has 2 N–H and O–H groups in total. The van der Waals surface area contributed by atoms with Gasteiger partial charge in [0.1, 0.15) is 0 Å². The van der Waals surface area contributed by atoms with Crippen LogP contribution in [0.25, 0.3) is 0 Å². The summed E-state index contributed by atoms with van der Waals surface area (Å²) in [4.78, 5) is 6.84. The fourth-order valence-corrected chi connectivity index (χ4v) is 2.83. The number of guanidine groups is 1. The van der Waals surface area contributed by atoms with Crippen molar-refractivity contribution >= 4 is 29.9 Å². The lowest BCUT2D eigenvalue weighted by Crippen LogP contribution is -2.52. The van der Waals surface area contributed by atoms with Crippen LogP contribution in [-0.2, 0) is 4.74 Å². The molecule has 0 aromatic heterocycles. The third kappa shape index (κ3) is 4.73. The summed E-state index contributed by atoms with van der Waals surface area (Å²) in [5.41, 5.74) is 0.278. The van der Waals surface area contributed by atoms with E-state index in [1.807, 2.05) is 7.05 Å². The molecule has 118 valence electrons. The molecule has 0 aromatic rings. The Morgan fingerprint density at radius 2 is 2.15 bits per heavy atom. The van der Waals surface area contributed by atoms with Crippen LogP contribution in [0.2, 0.25) is 0 Å². The van der Waals surface area contributed by atoms with Gasteiger partial charge in [-0.3, -0.25) is 9.89 Å². The van der Waals surface area contributed by atoms with Gasteiger partial charge in [0.2, 0.25) is 0 Å². The molecule has 0 bridgehead atoms. The van der Waals surface area contributed by atoms with Crippen molar-refractivity contribution in [1.82, 2.24) is 15.5 Å². The van der Waals surface area contributed by atoms with Gasteiger partial charge in [0, 0.05) is 31.6 Å². The van der Waals surface area contributed by atoms with Crippen LogP contribution in [0.4, 0.5) is 0 Å². The van der Waals surface area contributed by atoms with Gasteiger partial charge in [-0.2, -0.15) is 0 Å². The molecule has 0 spiro atoms. The molecule has 2 heterocycles. The van der Waals surface area contributed by atoms with Crippen LogP contribution >= 0.6 is 24.0 Å². The van der Waals surface area contributed by atoms with Gasteiger partial charge in [-0.25, -0.2) is 0 Å². The van der Waals surface area contributed by atoms with Crippen molar-refractivity contribution in [3.63, 3.8) is 0 Å². The second-order valence-electron chi connectivity index (χ2n) is 6.03. The molecule has 2 saturated heterocycles. The number of likely N-dealkylation sites (N-methyl/N-ethyl adjacent to an activating group) is 1. The van der Waals surface area contributed by atoms with E-state index in [0.717, 1.165) is 38.8 Å². The Bertz CT molecular complexity index is 320. The monoisotopic (exact) mass is 396 g/mol. The van der Waals surface area contributed by atoms with E-state index >= 15 is 0 Å². The van der Waals surface area contributed by atoms with Gasteiger partial charge in [0.15, 0.2) is 5.96 Å². The predicted molar refractivity (Wildman–Crippen MR) is 94.0 cm³/mol. The SMILES string of the molecule is CCN1CCCC1CNC(=NC)NCC1(C)COC1.I. The molecule has 0 radical (unpaired) electrons. The summed E-state index contributed by atoms with van der Waals surface area (Å²) in [5, 5.41) is 6.86. The first-order valence-electron chi connectivity index (χ1n) is 7.43. The number of halogens is 1. The molecule has 2 aliphatic heterocycles. The molecule has 5 nitrogen and oxygen atoms in total. The Hall–Kier alpha value is -0.0800. The highest BCUT2D eigenvalue weighted by Gasteiger charge is 2.33. The molecular weight excluding hydrogens is 367 g/mol. The van der Waals surface area contributed by atoms with Crippen LogP contribution in [0, 0.1) is 5.41 Å². The second-order valence-corrected chi connectivity index (χ2v) is 6.03. The smallest absolute Gasteiger partial charge is 0.191 e. The first kappa shape index (κ1) is 18.0. The van der Waals surface area contributed by atoms with E-state index in [1.54, 1.807) is 0 Å². The lowest BCUT2D eigenvalue weighted by atomic mass is 9.89. The summed E-state index contributed by atoms with van der Waals surface area (Å²) in [6.45, 7) is 10.5. The summed E-state index contributed by atoms with van der Waals surface area (Å²) in [6, 6.07) is 0.658. The Morgan fingerprint density at radius 1 is 1.40 bits per heavy atom. The zero-order valence-electron chi connectivity index (χ0n) is 12.9. The van der Waals surface area contributed by atoms with Gasteiger partial charge in [0.25, 0.3) is 0 Å². The van der Waals surface area contributed by atoms with E-state index in [1.165, 1.54) is 19.4 Å². The van der Waals surface area contributed by atoms with Gasteiger partial charge in [-0.15, -0.1) is 24.0 Å². The van der Waals surface area contributed by atoms with Crippen LogP contribution in [0.3, 0.4) is 0 Å². The number of rotatable bonds is 5. The van der Waals surface area contributed by atoms with Gasteiger partial charge in [0.05, 0.1) is 13.2 Å². The minimum absolute atomic E-state index is 0. The highest BCUT2D eigenvalue weighted by atomic mass is 127. The molecule has 0 aliphatic carbocycles. The lowest BCUT2D eigenvalue weighted by Gasteiger charge is -2.38. The average Bonchev–Trinajstić information content (AvgIpc) is 2.84. The summed E-state index contributed by atoms with van der Waals surface area (Å²) in [7, 11) is 1.83. The van der Waals surface area contributed by atoms with Gasteiger partial charge in [-0.1, -0.05) is 13.8 Å². The normalized spacial score (nSPS) is 25.8. The van der Waals surface area contributed by atoms with Crippen molar-refractivity contribution in [2.75, 3.05) is 46.4 Å². The molecule has 2 aliphatic rings. The van der Waals surface area contributed by atoms with Crippen molar-refractivity contribution in [3.05, 3.63) is 0 Å². The number of hydrogen-bond donors (Lipinski definition) is 2. The number of likely N-dealkylation sites (tertiary alicyclic amines) is 1. The molecule has 2 rings (SSSR count). The maximum atomic E-state index is 5.27. The number of nitrogens with one attached hydrogen (secondary N) is 2. The average molecular weight is 396 g/mol. The fraction of sp³-hybridized carbons (Fsp3) is 0.929. The topological polar surface area (TPSA) is 48.9 Å². The Balaban J connectivity index is 0.00000200. The first-order valence-corrected chi connectivity index (χ1v) is 7.43. The Morgan fingerprint density at radius 3 is 2.70 bits per heavy atom. The number of ether oxygens (including phenoxy) is 1. The van der Waals surface area contributed by atoms with E-state index in [4.69, 9.17) is 4.74 Å². The molecule has 0 saturated carbocycles. The maximum Gasteiger partial charge on any atom is 0.191 e. The zero-order valence-corrected chi connectivity index (χ0v) is 15.3. The van der Waals surface area contributed by atoms with Gasteiger partial charge in [-0.05, 0) is 25.9 Å². The molecule has 20 heavy (non-hydrogen) atoms. The first-order chi connectivity index (χ1) is 9.17. The largest absolute Gasteiger partial charge is 0.380 e. The lowest BCUT2D eigenvalue weighted by molar-refractivity contribution is -0.0971.